The van der Waals surface area contributed by atoms with Gasteiger partial charge >= 0.3 is 0 Å². The largest absolute Gasteiger partial charge is 0.326 e. The Morgan fingerprint density at radius 2 is 1.97 bits per heavy atom. The van der Waals surface area contributed by atoms with Gasteiger partial charge in [-0.15, -0.1) is 21.5 Å². The number of pyridine rings is 1. The van der Waals surface area contributed by atoms with Gasteiger partial charge in [0, 0.05) is 36.1 Å². The minimum absolute atomic E-state index is 0.0963. The highest BCUT2D eigenvalue weighted by Crippen LogP contribution is 2.37. The van der Waals surface area contributed by atoms with Crippen molar-refractivity contribution >= 4 is 34.6 Å². The zero-order chi connectivity index (χ0) is 23.7. The van der Waals surface area contributed by atoms with E-state index in [1.807, 2.05) is 54.5 Å². The van der Waals surface area contributed by atoms with Crippen LogP contribution in [0.5, 0.6) is 0 Å². The highest BCUT2D eigenvalue weighted by atomic mass is 32.1. The minimum Gasteiger partial charge on any atom is -0.326 e. The number of carbonyl (C=O) groups is 1. The first-order chi connectivity index (χ1) is 16.5. The van der Waals surface area contributed by atoms with Crippen LogP contribution in [-0.2, 0) is 17.8 Å². The number of carbonyl (C=O) groups excluding carboxylic acids is 1. The Balaban J connectivity index is 1.69. The molecule has 0 unspecified atom stereocenters. The Labute approximate surface area is 202 Å². The quantitative estimate of drug-likeness (QED) is 0.440. The van der Waals surface area contributed by atoms with Gasteiger partial charge in [0.15, 0.2) is 0 Å². The molecule has 4 heterocycles. The molecule has 172 valence electrons. The average molecular weight is 472 g/mol. The van der Waals surface area contributed by atoms with Crippen LogP contribution in [0.3, 0.4) is 0 Å². The third kappa shape index (κ3) is 4.10. The molecule has 0 radical (unpaired) electrons. The smallest absolute Gasteiger partial charge is 0.253 e. The van der Waals surface area contributed by atoms with Crippen molar-refractivity contribution in [2.45, 2.75) is 40.2 Å². The van der Waals surface area contributed by atoms with Crippen molar-refractivity contribution < 1.29 is 4.79 Å². The van der Waals surface area contributed by atoms with Crippen molar-refractivity contribution in [3.8, 4) is 5.00 Å². The molecule has 1 amide bonds. The van der Waals surface area contributed by atoms with Crippen LogP contribution in [0, 0.1) is 6.92 Å². The molecular formula is C25H25N7OS. The molecule has 0 bridgehead atoms. The maximum Gasteiger partial charge on any atom is 0.253 e. The number of anilines is 2. The summed E-state index contributed by atoms with van der Waals surface area (Å²) < 4.78 is 2.09. The first kappa shape index (κ1) is 22.0. The van der Waals surface area contributed by atoms with Gasteiger partial charge in [-0.25, -0.2) is 5.01 Å². The number of hydrogen-bond acceptors (Lipinski definition) is 7. The van der Waals surface area contributed by atoms with E-state index in [1.54, 1.807) is 17.5 Å². The van der Waals surface area contributed by atoms with Crippen LogP contribution in [0.1, 0.15) is 48.3 Å². The number of fused-ring (bicyclic) bond motifs is 3. The van der Waals surface area contributed by atoms with Gasteiger partial charge in [0.2, 0.25) is 5.91 Å². The summed E-state index contributed by atoms with van der Waals surface area (Å²) in [4.78, 5) is 15.7. The van der Waals surface area contributed by atoms with Crippen LogP contribution in [0.4, 0.5) is 11.6 Å². The summed E-state index contributed by atoms with van der Waals surface area (Å²) in [7, 11) is 0. The summed E-state index contributed by atoms with van der Waals surface area (Å²) in [6.45, 7) is 6.17. The van der Waals surface area contributed by atoms with E-state index in [1.165, 1.54) is 12.5 Å². The van der Waals surface area contributed by atoms with Gasteiger partial charge < -0.3 is 5.32 Å². The standard InChI is InChI=1S/C25H25N7OS/c1-4-6-20-15-34-24-22(20)23(19-8-10-21(11-9-19)27-17(3)33)30-31(14-18-7-5-12-26-13-18)25-29-28-16(2)32(24)25/h5,7-13,15H,4,6,14H2,1-3H3,(H,27,33). The van der Waals surface area contributed by atoms with E-state index in [2.05, 4.69) is 37.4 Å². The molecule has 9 heteroatoms. The summed E-state index contributed by atoms with van der Waals surface area (Å²) in [5, 5.41) is 22.1. The first-order valence-electron chi connectivity index (χ1n) is 11.2. The fourth-order valence-electron chi connectivity index (χ4n) is 4.11. The number of hydrazone groups is 1. The predicted octanol–water partition coefficient (Wildman–Crippen LogP) is 4.72. The number of hydrogen-bond donors (Lipinski definition) is 1. The molecular weight excluding hydrogens is 446 g/mol. The topological polar surface area (TPSA) is 88.3 Å². The molecule has 0 fully saturated rings. The van der Waals surface area contributed by atoms with Crippen molar-refractivity contribution in [2.75, 3.05) is 10.3 Å². The summed E-state index contributed by atoms with van der Waals surface area (Å²) in [5.41, 5.74) is 6.00. The molecule has 1 N–H and O–H groups in total. The number of rotatable bonds is 6. The number of amides is 1. The average Bonchev–Trinajstić information content (AvgIpc) is 3.37. The highest BCUT2D eigenvalue weighted by Gasteiger charge is 2.29. The third-order valence-corrected chi connectivity index (χ3v) is 6.61. The van der Waals surface area contributed by atoms with Gasteiger partial charge in [0.25, 0.3) is 5.95 Å². The zero-order valence-corrected chi connectivity index (χ0v) is 20.1. The molecule has 3 aromatic heterocycles. The molecule has 34 heavy (non-hydrogen) atoms. The van der Waals surface area contributed by atoms with E-state index in [-0.39, 0.29) is 5.91 Å². The molecule has 0 saturated carbocycles. The van der Waals surface area contributed by atoms with Gasteiger partial charge in [0.05, 0.1) is 6.54 Å². The highest BCUT2D eigenvalue weighted by molar-refractivity contribution is 7.13. The summed E-state index contributed by atoms with van der Waals surface area (Å²) in [5.74, 6) is 1.40. The molecule has 0 atom stereocenters. The lowest BCUT2D eigenvalue weighted by molar-refractivity contribution is -0.114. The number of nitrogens with one attached hydrogen (secondary N) is 1. The van der Waals surface area contributed by atoms with Crippen LogP contribution in [0.15, 0.2) is 59.3 Å². The predicted molar refractivity (Wildman–Crippen MR) is 135 cm³/mol. The summed E-state index contributed by atoms with van der Waals surface area (Å²) in [6, 6.07) is 11.8. The number of aryl methyl sites for hydroxylation is 2. The number of aromatic nitrogens is 4. The Kier molecular flexibility index (Phi) is 5.93. The van der Waals surface area contributed by atoms with Crippen LogP contribution in [-0.4, -0.2) is 31.4 Å². The molecule has 0 saturated heterocycles. The van der Waals surface area contributed by atoms with Crippen LogP contribution in [0.2, 0.25) is 0 Å². The van der Waals surface area contributed by atoms with E-state index < -0.39 is 0 Å². The van der Waals surface area contributed by atoms with E-state index in [0.717, 1.165) is 51.8 Å². The SMILES string of the molecule is CCCc1csc2c1C(c1ccc(NC(C)=O)cc1)=NN(Cc1cccnc1)c1nnc(C)n1-2. The zero-order valence-electron chi connectivity index (χ0n) is 19.3. The molecule has 0 aliphatic carbocycles. The fourth-order valence-corrected chi connectivity index (χ4v) is 5.27. The van der Waals surface area contributed by atoms with E-state index in [4.69, 9.17) is 5.10 Å². The normalized spacial score (nSPS) is 12.6. The van der Waals surface area contributed by atoms with Crippen LogP contribution in [0.25, 0.3) is 5.00 Å². The van der Waals surface area contributed by atoms with E-state index in [9.17, 15) is 4.79 Å². The first-order valence-corrected chi connectivity index (χ1v) is 12.1. The molecule has 4 aromatic rings. The lowest BCUT2D eigenvalue weighted by Gasteiger charge is -2.18. The van der Waals surface area contributed by atoms with E-state index >= 15 is 0 Å². The monoisotopic (exact) mass is 471 g/mol. The van der Waals surface area contributed by atoms with E-state index in [0.29, 0.717) is 12.5 Å². The van der Waals surface area contributed by atoms with Gasteiger partial charge in [-0.3, -0.25) is 14.3 Å². The maximum absolute atomic E-state index is 11.5. The minimum atomic E-state index is -0.0963. The second kappa shape index (κ2) is 9.18. The summed E-state index contributed by atoms with van der Waals surface area (Å²) in [6.07, 6.45) is 5.59. The lowest BCUT2D eigenvalue weighted by atomic mass is 9.98. The van der Waals surface area contributed by atoms with Crippen molar-refractivity contribution in [3.05, 3.63) is 82.3 Å². The number of nitrogens with zero attached hydrogens (tertiary/aromatic N) is 6. The second-order valence-electron chi connectivity index (χ2n) is 8.20. The Morgan fingerprint density at radius 3 is 2.68 bits per heavy atom. The maximum atomic E-state index is 11.5. The molecule has 1 aromatic carbocycles. The molecule has 1 aliphatic rings. The molecule has 0 spiro atoms. The molecule has 8 nitrogen and oxygen atoms in total. The van der Waals surface area contributed by atoms with Crippen LogP contribution < -0.4 is 10.3 Å². The molecule has 1 aliphatic heterocycles. The number of benzene rings is 1. The fraction of sp³-hybridized carbons (Fsp3) is 0.240. The van der Waals surface area contributed by atoms with Gasteiger partial charge in [-0.1, -0.05) is 31.5 Å². The van der Waals surface area contributed by atoms with Gasteiger partial charge in [0.1, 0.15) is 16.5 Å². The van der Waals surface area contributed by atoms with Gasteiger partial charge in [-0.05, 0) is 48.1 Å². The number of thiophene rings is 1. The van der Waals surface area contributed by atoms with Crippen LogP contribution >= 0.6 is 11.3 Å². The molecule has 5 rings (SSSR count). The lowest BCUT2D eigenvalue weighted by Crippen LogP contribution is -2.20. The van der Waals surface area contributed by atoms with Crippen molar-refractivity contribution in [1.82, 2.24) is 19.7 Å². The Hall–Kier alpha value is -3.85. The van der Waals surface area contributed by atoms with Gasteiger partial charge in [-0.2, -0.15) is 5.10 Å². The van der Waals surface area contributed by atoms with Crippen molar-refractivity contribution in [1.29, 1.82) is 0 Å². The third-order valence-electron chi connectivity index (χ3n) is 5.60. The second-order valence-corrected chi connectivity index (χ2v) is 9.06. The Morgan fingerprint density at radius 1 is 1.15 bits per heavy atom. The summed E-state index contributed by atoms with van der Waals surface area (Å²) >= 11 is 1.69. The Bertz CT molecular complexity index is 1360. The van der Waals surface area contributed by atoms with Crippen molar-refractivity contribution in [2.24, 2.45) is 5.10 Å². The van der Waals surface area contributed by atoms with Crippen molar-refractivity contribution in [3.63, 3.8) is 0 Å².